The van der Waals surface area contributed by atoms with Crippen molar-refractivity contribution >= 4 is 11.6 Å². The average molecular weight is 262 g/mol. The van der Waals surface area contributed by atoms with E-state index in [2.05, 4.69) is 22.1 Å². The van der Waals surface area contributed by atoms with Crippen molar-refractivity contribution in [2.24, 2.45) is 0 Å². The average Bonchev–Trinajstić information content (AvgIpc) is 2.47. The summed E-state index contributed by atoms with van der Waals surface area (Å²) >= 11 is 0. The van der Waals surface area contributed by atoms with Crippen molar-refractivity contribution in [2.45, 2.75) is 13.3 Å². The molecule has 1 aromatic rings. The summed E-state index contributed by atoms with van der Waals surface area (Å²) in [5, 5.41) is 3.02. The minimum absolute atomic E-state index is 0.0999. The van der Waals surface area contributed by atoms with Crippen LogP contribution in [0.4, 0.5) is 5.69 Å². The van der Waals surface area contributed by atoms with Gasteiger partial charge in [-0.2, -0.15) is 0 Å². The van der Waals surface area contributed by atoms with Gasteiger partial charge in [0.1, 0.15) is 0 Å². The number of carbonyl (C=O) groups excluding carboxylic acids is 1. The van der Waals surface area contributed by atoms with Crippen LogP contribution in [0.5, 0.6) is 0 Å². The largest absolute Gasteiger partial charge is 0.386 e. The highest BCUT2D eigenvalue weighted by Crippen LogP contribution is 2.16. The Bertz CT molecular complexity index is 427. The van der Waals surface area contributed by atoms with Gasteiger partial charge in [0.2, 0.25) is 0 Å². The zero-order valence-electron chi connectivity index (χ0n) is 11.7. The highest BCUT2D eigenvalue weighted by molar-refractivity contribution is 5.99. The molecule has 1 saturated heterocycles. The number of aromatic nitrogens is 1. The van der Waals surface area contributed by atoms with E-state index in [4.69, 9.17) is 0 Å². The van der Waals surface area contributed by atoms with Crippen molar-refractivity contribution in [3.05, 3.63) is 24.0 Å². The van der Waals surface area contributed by atoms with Crippen LogP contribution in [0.3, 0.4) is 0 Å². The van der Waals surface area contributed by atoms with E-state index in [1.165, 1.54) is 6.42 Å². The Balaban J connectivity index is 2.01. The van der Waals surface area contributed by atoms with Crippen LogP contribution in [0.15, 0.2) is 18.5 Å². The smallest absolute Gasteiger partial charge is 0.256 e. The van der Waals surface area contributed by atoms with Gasteiger partial charge in [0.25, 0.3) is 5.91 Å². The molecule has 1 N–H and O–H groups in total. The SMILES string of the molecule is CCCN1CCN(C(=O)c2ccncc2NC)CC1. The molecule has 1 amide bonds. The van der Waals surface area contributed by atoms with Crippen LogP contribution in [0.25, 0.3) is 0 Å². The van der Waals surface area contributed by atoms with E-state index in [1.807, 2.05) is 11.9 Å². The van der Waals surface area contributed by atoms with Crippen molar-refractivity contribution in [3.8, 4) is 0 Å². The van der Waals surface area contributed by atoms with E-state index in [0.29, 0.717) is 5.56 Å². The Hall–Kier alpha value is -1.62. The molecule has 0 unspecified atom stereocenters. The summed E-state index contributed by atoms with van der Waals surface area (Å²) < 4.78 is 0. The van der Waals surface area contributed by atoms with Gasteiger partial charge in [-0.25, -0.2) is 0 Å². The first-order chi connectivity index (χ1) is 9.26. The van der Waals surface area contributed by atoms with Gasteiger partial charge in [-0.1, -0.05) is 6.92 Å². The number of pyridine rings is 1. The van der Waals surface area contributed by atoms with Crippen LogP contribution in [-0.4, -0.2) is 60.5 Å². The normalized spacial score (nSPS) is 16.4. The van der Waals surface area contributed by atoms with E-state index in [-0.39, 0.29) is 5.91 Å². The van der Waals surface area contributed by atoms with Crippen molar-refractivity contribution < 1.29 is 4.79 Å². The first kappa shape index (κ1) is 13.8. The summed E-state index contributed by atoms with van der Waals surface area (Å²) in [4.78, 5) is 20.9. The molecule has 0 radical (unpaired) electrons. The van der Waals surface area contributed by atoms with Gasteiger partial charge in [-0.3, -0.25) is 14.7 Å². The molecule has 5 nitrogen and oxygen atoms in total. The fourth-order valence-corrected chi connectivity index (χ4v) is 2.44. The molecule has 0 atom stereocenters. The minimum Gasteiger partial charge on any atom is -0.386 e. The maximum atomic E-state index is 12.5. The molecule has 5 heteroatoms. The lowest BCUT2D eigenvalue weighted by Crippen LogP contribution is -2.48. The van der Waals surface area contributed by atoms with E-state index in [9.17, 15) is 4.79 Å². The van der Waals surface area contributed by atoms with Gasteiger partial charge >= 0.3 is 0 Å². The van der Waals surface area contributed by atoms with Crippen molar-refractivity contribution in [2.75, 3.05) is 45.1 Å². The van der Waals surface area contributed by atoms with Gasteiger partial charge in [-0.15, -0.1) is 0 Å². The second kappa shape index (κ2) is 6.52. The number of piperazine rings is 1. The van der Waals surface area contributed by atoms with Crippen LogP contribution in [0.2, 0.25) is 0 Å². The Morgan fingerprint density at radius 1 is 1.37 bits per heavy atom. The van der Waals surface area contributed by atoms with E-state index >= 15 is 0 Å². The van der Waals surface area contributed by atoms with Gasteiger partial charge in [0.15, 0.2) is 0 Å². The standard InChI is InChI=1S/C14H22N4O/c1-3-6-17-7-9-18(10-8-17)14(19)12-4-5-16-11-13(12)15-2/h4-5,11,15H,3,6-10H2,1-2H3. The predicted molar refractivity (Wildman–Crippen MR) is 76.4 cm³/mol. The first-order valence-corrected chi connectivity index (χ1v) is 6.89. The summed E-state index contributed by atoms with van der Waals surface area (Å²) in [5.74, 6) is 0.0999. The molecule has 1 fully saturated rings. The molecule has 2 rings (SSSR count). The van der Waals surface area contributed by atoms with Crippen LogP contribution in [0, 0.1) is 0 Å². The first-order valence-electron chi connectivity index (χ1n) is 6.89. The third-order valence-corrected chi connectivity index (χ3v) is 3.52. The molecule has 19 heavy (non-hydrogen) atoms. The van der Waals surface area contributed by atoms with Crippen molar-refractivity contribution in [1.29, 1.82) is 0 Å². The third kappa shape index (κ3) is 3.23. The molecule has 0 saturated carbocycles. The Kier molecular flexibility index (Phi) is 4.74. The molecule has 0 aromatic carbocycles. The summed E-state index contributed by atoms with van der Waals surface area (Å²) in [6.45, 7) is 6.88. The summed E-state index contributed by atoms with van der Waals surface area (Å²) in [6, 6.07) is 1.78. The fraction of sp³-hybridized carbons (Fsp3) is 0.571. The Morgan fingerprint density at radius 2 is 2.11 bits per heavy atom. The zero-order valence-corrected chi connectivity index (χ0v) is 11.7. The molecule has 1 aliphatic rings. The molecule has 104 valence electrons. The van der Waals surface area contributed by atoms with E-state index in [1.54, 1.807) is 18.5 Å². The molecule has 1 aromatic heterocycles. The third-order valence-electron chi connectivity index (χ3n) is 3.52. The fourth-order valence-electron chi connectivity index (χ4n) is 2.44. The topological polar surface area (TPSA) is 48.5 Å². The maximum absolute atomic E-state index is 12.5. The number of hydrogen-bond acceptors (Lipinski definition) is 4. The van der Waals surface area contributed by atoms with E-state index in [0.717, 1.165) is 38.4 Å². The van der Waals surface area contributed by atoms with Crippen LogP contribution >= 0.6 is 0 Å². The van der Waals surface area contributed by atoms with Gasteiger partial charge in [-0.05, 0) is 19.0 Å². The summed E-state index contributed by atoms with van der Waals surface area (Å²) in [5.41, 5.74) is 1.50. The Morgan fingerprint density at radius 3 is 2.74 bits per heavy atom. The molecule has 2 heterocycles. The number of carbonyl (C=O) groups is 1. The number of nitrogens with zero attached hydrogens (tertiary/aromatic N) is 3. The zero-order chi connectivity index (χ0) is 13.7. The molecule has 1 aliphatic heterocycles. The lowest BCUT2D eigenvalue weighted by atomic mass is 10.1. The van der Waals surface area contributed by atoms with Crippen molar-refractivity contribution in [1.82, 2.24) is 14.8 Å². The second-order valence-electron chi connectivity index (χ2n) is 4.81. The van der Waals surface area contributed by atoms with Crippen LogP contribution in [-0.2, 0) is 0 Å². The van der Waals surface area contributed by atoms with Gasteiger partial charge < -0.3 is 10.2 Å². The highest BCUT2D eigenvalue weighted by Gasteiger charge is 2.23. The van der Waals surface area contributed by atoms with Gasteiger partial charge in [0, 0.05) is 39.4 Å². The molecule has 0 spiro atoms. The predicted octanol–water partition coefficient (Wildman–Crippen LogP) is 1.29. The highest BCUT2D eigenvalue weighted by atomic mass is 16.2. The summed E-state index contributed by atoms with van der Waals surface area (Å²) in [6.07, 6.45) is 4.53. The lowest BCUT2D eigenvalue weighted by molar-refractivity contribution is 0.0638. The molecular weight excluding hydrogens is 240 g/mol. The number of rotatable bonds is 4. The maximum Gasteiger partial charge on any atom is 0.256 e. The minimum atomic E-state index is 0.0999. The van der Waals surface area contributed by atoms with Crippen LogP contribution < -0.4 is 5.32 Å². The monoisotopic (exact) mass is 262 g/mol. The lowest BCUT2D eigenvalue weighted by Gasteiger charge is -2.34. The summed E-state index contributed by atoms with van der Waals surface area (Å²) in [7, 11) is 1.81. The van der Waals surface area contributed by atoms with Crippen LogP contribution in [0.1, 0.15) is 23.7 Å². The molecular formula is C14H22N4O. The second-order valence-corrected chi connectivity index (χ2v) is 4.81. The number of nitrogens with one attached hydrogen (secondary N) is 1. The quantitative estimate of drug-likeness (QED) is 0.888. The molecule has 0 aliphatic carbocycles. The molecule has 0 bridgehead atoms. The van der Waals surface area contributed by atoms with E-state index < -0.39 is 0 Å². The Labute approximate surface area is 114 Å². The number of amides is 1. The number of anilines is 1. The van der Waals surface area contributed by atoms with Crippen molar-refractivity contribution in [3.63, 3.8) is 0 Å². The van der Waals surface area contributed by atoms with Gasteiger partial charge in [0.05, 0.1) is 17.4 Å². The number of hydrogen-bond donors (Lipinski definition) is 1.